The largest absolute Gasteiger partial charge is 0.197 e. The first kappa shape index (κ1) is 17.4. The van der Waals surface area contributed by atoms with Crippen molar-refractivity contribution in [3.8, 4) is 0 Å². The normalized spacial score (nSPS) is 2.25. The Morgan fingerprint density at radius 3 is 1.25 bits per heavy atom. The van der Waals surface area contributed by atoms with Crippen molar-refractivity contribution in [1.82, 2.24) is 0 Å². The second-order valence-corrected chi connectivity index (χ2v) is 0. The van der Waals surface area contributed by atoms with Gasteiger partial charge in [0.1, 0.15) is 0 Å². The predicted molar refractivity (Wildman–Crippen MR) is 43.7 cm³/mol. The van der Waals surface area contributed by atoms with Gasteiger partial charge in [0.15, 0.2) is 0 Å². The van der Waals surface area contributed by atoms with Crippen molar-refractivity contribution < 1.29 is 0 Å². The zero-order chi connectivity index (χ0) is 2.00. The first-order valence-corrected chi connectivity index (χ1v) is 3.67. The van der Waals surface area contributed by atoms with Crippen LogP contribution in [0.1, 0.15) is 0 Å². The van der Waals surface area contributed by atoms with Gasteiger partial charge in [0.2, 0.25) is 0 Å². The van der Waals surface area contributed by atoms with Gasteiger partial charge in [-0.2, -0.15) is 13.5 Å². The van der Waals surface area contributed by atoms with Crippen LogP contribution in [0.3, 0.4) is 0 Å². The minimum Gasteiger partial charge on any atom is -0.197 e. The third kappa shape index (κ3) is 9.43. The summed E-state index contributed by atoms with van der Waals surface area (Å²) in [7, 11) is 4.22. The maximum Gasteiger partial charge on any atom is 0.0199 e. The molecule has 0 aliphatic rings. The summed E-state index contributed by atoms with van der Waals surface area (Å²) in [5.74, 6) is 0. The molecule has 0 aliphatic heterocycles. The maximum atomic E-state index is 2.44. The molecule has 0 aliphatic carbocycles. The molecule has 4 heteroatoms. The van der Waals surface area contributed by atoms with E-state index in [0.29, 0.717) is 0 Å². The summed E-state index contributed by atoms with van der Waals surface area (Å²) < 4.78 is 0. The fraction of sp³-hybridized carbons (Fsp3) is 0. The second-order valence-electron chi connectivity index (χ2n) is 0. The van der Waals surface area contributed by atoms with Crippen molar-refractivity contribution in [3.05, 3.63) is 0 Å². The molecule has 3 atom stereocenters. The molecule has 0 aromatic rings. The van der Waals surface area contributed by atoms with Gasteiger partial charge in [-0.05, 0) is 18.8 Å². The Hall–Kier alpha value is 1.64. The monoisotopic (exact) mass is 136 g/mol. The van der Waals surface area contributed by atoms with Gasteiger partial charge in [-0.15, -0.1) is 0 Å². The van der Waals surface area contributed by atoms with Crippen molar-refractivity contribution >= 4 is 41.3 Å². The van der Waals surface area contributed by atoms with Crippen LogP contribution in [0.2, 0.25) is 0 Å². The zero-order valence-corrected chi connectivity index (χ0v) is 8.35. The fourth-order valence-corrected chi connectivity index (χ4v) is 0. The van der Waals surface area contributed by atoms with E-state index in [1.807, 2.05) is 0 Å². The standard InChI is InChI=1S/H4P2.H3P.H2S/c1-2;;/h1-2H2;1H3;1H2/p+2. The lowest BCUT2D eigenvalue weighted by Gasteiger charge is -0.997. The number of hydrogen-bond donors (Lipinski definition) is 0. The molecule has 0 aromatic heterocycles. The van der Waals surface area contributed by atoms with Crippen molar-refractivity contribution in [2.75, 3.05) is 0 Å². The summed E-state index contributed by atoms with van der Waals surface area (Å²) in [5, 5.41) is 0. The van der Waals surface area contributed by atoms with E-state index in [2.05, 4.69) is 8.93 Å². The molecule has 4 heavy (non-hydrogen) atoms. The quantitative estimate of drug-likeness (QED) is 0.420. The summed E-state index contributed by atoms with van der Waals surface area (Å²) in [6.07, 6.45) is 0. The van der Waals surface area contributed by atoms with Crippen molar-refractivity contribution in [2.24, 2.45) is 0 Å². The minimum absolute atomic E-state index is 0. The lowest BCUT2D eigenvalue weighted by molar-refractivity contribution is 5.92. The van der Waals surface area contributed by atoms with E-state index in [1.54, 1.807) is 8.93 Å². The summed E-state index contributed by atoms with van der Waals surface area (Å²) in [6.45, 7) is 0. The van der Waals surface area contributed by atoms with Crippen molar-refractivity contribution in [3.63, 3.8) is 0 Å². The highest BCUT2D eigenvalue weighted by Crippen LogP contribution is 1.86. The van der Waals surface area contributed by atoms with E-state index in [9.17, 15) is 0 Å². The van der Waals surface area contributed by atoms with Gasteiger partial charge < -0.3 is 0 Å². The smallest absolute Gasteiger partial charge is 0.0199 e. The van der Waals surface area contributed by atoms with E-state index in [-0.39, 0.29) is 23.4 Å². The second kappa shape index (κ2) is 22.9. The molecule has 0 rings (SSSR count). The van der Waals surface area contributed by atoms with Crippen LogP contribution in [0.25, 0.3) is 0 Å². The molecule has 0 spiro atoms. The molecule has 0 fully saturated rings. The Morgan fingerprint density at radius 2 is 1.25 bits per heavy atom. The zero-order valence-electron chi connectivity index (χ0n) is 2.78. The van der Waals surface area contributed by atoms with Crippen LogP contribution >= 0.6 is 41.3 Å². The summed E-state index contributed by atoms with van der Waals surface area (Å²) in [6, 6.07) is 0. The van der Waals surface area contributed by atoms with E-state index in [0.717, 1.165) is 0 Å². The molecule has 0 radical (unpaired) electrons. The SMILES string of the molecule is P[PH3+].S.[PH4+]. The molecule has 0 amide bonds. The molecule has 0 nitrogen and oxygen atoms in total. The Balaban J connectivity index is -0.00000000500. The first-order valence-electron chi connectivity index (χ1n) is 0.408. The Labute approximate surface area is 41.9 Å². The lowest BCUT2D eigenvalue weighted by atomic mass is 30.0. The highest BCUT2D eigenvalue weighted by Gasteiger charge is 1.00. The Bertz CT molecular complexity index is 3.25. The highest BCUT2D eigenvalue weighted by molar-refractivity contribution is 7.92. The Kier molecular flexibility index (Phi) is 99.6. The summed E-state index contributed by atoms with van der Waals surface area (Å²) >= 11 is 0. The van der Waals surface area contributed by atoms with Crippen LogP contribution in [0, 0.1) is 0 Å². The Morgan fingerprint density at radius 1 is 1.25 bits per heavy atom. The van der Waals surface area contributed by atoms with Gasteiger partial charge in [-0.25, -0.2) is 0 Å². The van der Waals surface area contributed by atoms with Crippen LogP contribution in [0.15, 0.2) is 0 Å². The van der Waals surface area contributed by atoms with E-state index < -0.39 is 0 Å². The predicted octanol–water partition coefficient (Wildman–Crippen LogP) is 0.287. The minimum atomic E-state index is 0. The van der Waals surface area contributed by atoms with Crippen molar-refractivity contribution in [2.45, 2.75) is 0 Å². The summed E-state index contributed by atoms with van der Waals surface area (Å²) in [5.41, 5.74) is 0. The van der Waals surface area contributed by atoms with Crippen LogP contribution in [0.4, 0.5) is 0 Å². The number of hydrogen-bond acceptors (Lipinski definition) is 0. The van der Waals surface area contributed by atoms with Gasteiger partial charge >= 0.3 is 0 Å². The molecular weight excluding hydrogens is 125 g/mol. The molecule has 0 saturated carbocycles. The third-order valence-electron chi connectivity index (χ3n) is 0. The van der Waals surface area contributed by atoms with E-state index >= 15 is 0 Å². The van der Waals surface area contributed by atoms with Gasteiger partial charge in [-0.3, -0.25) is 0 Å². The van der Waals surface area contributed by atoms with Crippen molar-refractivity contribution in [1.29, 1.82) is 0 Å². The third-order valence-corrected chi connectivity index (χ3v) is 0. The molecule has 0 aromatic carbocycles. The van der Waals surface area contributed by atoms with Crippen LogP contribution < -0.4 is 0 Å². The van der Waals surface area contributed by atoms with Crippen LogP contribution in [0.5, 0.6) is 0 Å². The molecule has 3 unspecified atom stereocenters. The van der Waals surface area contributed by atoms with E-state index in [1.165, 1.54) is 0 Å². The maximum absolute atomic E-state index is 2.44. The first-order chi connectivity index (χ1) is 1.00. The van der Waals surface area contributed by atoms with Crippen LogP contribution in [-0.2, 0) is 0 Å². The van der Waals surface area contributed by atoms with Crippen LogP contribution in [-0.4, -0.2) is 0 Å². The molecule has 0 saturated heterocycles. The van der Waals surface area contributed by atoms with Gasteiger partial charge in [0.25, 0.3) is 0 Å². The van der Waals surface area contributed by atoms with Gasteiger partial charge in [-0.1, -0.05) is 0 Å². The molecule has 30 valence electrons. The summed E-state index contributed by atoms with van der Waals surface area (Å²) in [4.78, 5) is 0. The molecule has 0 N–H and O–H groups in total. The topological polar surface area (TPSA) is 0 Å². The van der Waals surface area contributed by atoms with E-state index in [4.69, 9.17) is 0 Å². The van der Waals surface area contributed by atoms with Gasteiger partial charge in [0.05, 0.1) is 0 Å². The molecular formula is H11P3S+2. The molecule has 0 bridgehead atoms. The lowest BCUT2D eigenvalue weighted by Crippen LogP contribution is -0.139. The highest BCUT2D eigenvalue weighted by atomic mass is 32.1. The van der Waals surface area contributed by atoms with Gasteiger partial charge in [0, 0.05) is 8.93 Å². The average molecular weight is 136 g/mol. The average Bonchev–Trinajstić information content (AvgIpc) is 1.00. The molecule has 0 heterocycles. The number of rotatable bonds is 0. The fourth-order valence-electron chi connectivity index (χ4n) is 0.